The van der Waals surface area contributed by atoms with Crippen molar-refractivity contribution in [2.75, 3.05) is 10.6 Å². The fourth-order valence-corrected chi connectivity index (χ4v) is 3.46. The fraction of sp³-hybridized carbons (Fsp3) is 0.222. The summed E-state index contributed by atoms with van der Waals surface area (Å²) in [6.45, 7) is 5.68. The van der Waals surface area contributed by atoms with Crippen LogP contribution in [-0.4, -0.2) is 23.8 Å². The Morgan fingerprint density at radius 2 is 1.52 bits per heavy atom. The monoisotopic (exact) mass is 443 g/mol. The molecule has 0 saturated heterocycles. The molecule has 1 atom stereocenters. The van der Waals surface area contributed by atoms with Crippen LogP contribution < -0.4 is 16.0 Å². The van der Waals surface area contributed by atoms with E-state index >= 15 is 0 Å². The van der Waals surface area contributed by atoms with E-state index in [4.69, 9.17) is 0 Å². The van der Waals surface area contributed by atoms with Crippen LogP contribution in [0.1, 0.15) is 35.3 Å². The molecule has 3 rings (SSSR count). The highest BCUT2D eigenvalue weighted by molar-refractivity contribution is 6.10. The Bertz CT molecular complexity index is 1130. The van der Waals surface area contributed by atoms with E-state index in [-0.39, 0.29) is 30.1 Å². The predicted octanol–water partition coefficient (Wildman–Crippen LogP) is 4.57. The quantitative estimate of drug-likeness (QED) is 0.477. The molecular weight excluding hydrogens is 414 g/mol. The van der Waals surface area contributed by atoms with Gasteiger partial charge in [0.2, 0.25) is 11.8 Å². The van der Waals surface area contributed by atoms with E-state index in [0.29, 0.717) is 16.9 Å². The molecule has 0 heterocycles. The van der Waals surface area contributed by atoms with Gasteiger partial charge in [-0.2, -0.15) is 0 Å². The number of hydrogen-bond donors (Lipinski definition) is 3. The molecule has 170 valence electrons. The highest BCUT2D eigenvalue weighted by atomic mass is 16.2. The molecule has 3 aromatic rings. The van der Waals surface area contributed by atoms with Gasteiger partial charge in [0.1, 0.15) is 6.04 Å². The van der Waals surface area contributed by atoms with Crippen molar-refractivity contribution in [1.29, 1.82) is 0 Å². The summed E-state index contributed by atoms with van der Waals surface area (Å²) in [6.07, 6.45) is 0.187. The van der Waals surface area contributed by atoms with Crippen LogP contribution >= 0.6 is 0 Å². The Labute approximate surface area is 194 Å². The van der Waals surface area contributed by atoms with Crippen LogP contribution in [0, 0.1) is 12.8 Å². The summed E-state index contributed by atoms with van der Waals surface area (Å²) in [7, 11) is 0. The average molecular weight is 444 g/mol. The molecular formula is C27H29N3O3. The third kappa shape index (κ3) is 6.77. The van der Waals surface area contributed by atoms with Gasteiger partial charge in [-0.15, -0.1) is 0 Å². The van der Waals surface area contributed by atoms with Gasteiger partial charge in [-0.1, -0.05) is 68.4 Å². The van der Waals surface area contributed by atoms with Crippen molar-refractivity contribution in [2.24, 2.45) is 5.92 Å². The van der Waals surface area contributed by atoms with E-state index in [1.165, 1.54) is 0 Å². The normalized spacial score (nSPS) is 11.5. The second kappa shape index (κ2) is 11.1. The molecule has 0 radical (unpaired) electrons. The lowest BCUT2D eigenvalue weighted by molar-refractivity contribution is -0.127. The van der Waals surface area contributed by atoms with Gasteiger partial charge in [0.05, 0.1) is 17.7 Å². The van der Waals surface area contributed by atoms with Crippen LogP contribution in [0.25, 0.3) is 0 Å². The Hall–Kier alpha value is -3.93. The maximum Gasteiger partial charge on any atom is 0.257 e. The van der Waals surface area contributed by atoms with Crippen molar-refractivity contribution >= 4 is 29.1 Å². The number of anilines is 2. The SMILES string of the molecule is Cc1cccc(NC(=O)c2ccccc2NC(=O)[C@@H](NC(=O)Cc2ccccc2)C(C)C)c1. The molecule has 0 unspecified atom stereocenters. The highest BCUT2D eigenvalue weighted by Gasteiger charge is 2.25. The van der Waals surface area contributed by atoms with E-state index in [2.05, 4.69) is 16.0 Å². The summed E-state index contributed by atoms with van der Waals surface area (Å²) in [5, 5.41) is 8.52. The number of hydrogen-bond acceptors (Lipinski definition) is 3. The van der Waals surface area contributed by atoms with E-state index in [9.17, 15) is 14.4 Å². The molecule has 3 N–H and O–H groups in total. The van der Waals surface area contributed by atoms with E-state index in [1.807, 2.05) is 75.4 Å². The van der Waals surface area contributed by atoms with Crippen molar-refractivity contribution in [1.82, 2.24) is 5.32 Å². The number of para-hydroxylation sites is 1. The Balaban J connectivity index is 1.71. The van der Waals surface area contributed by atoms with Gasteiger partial charge in [0, 0.05) is 5.69 Å². The number of benzene rings is 3. The lowest BCUT2D eigenvalue weighted by Gasteiger charge is -2.22. The standard InChI is InChI=1S/C27H29N3O3/c1-18(2)25(30-24(31)17-20-11-5-4-6-12-20)27(33)29-23-15-8-7-14-22(23)26(32)28-21-13-9-10-19(3)16-21/h4-16,18,25H,17H2,1-3H3,(H,28,32)(H,29,33)(H,30,31)/t25-/m0/s1. The molecule has 0 aliphatic carbocycles. The predicted molar refractivity (Wildman–Crippen MR) is 131 cm³/mol. The largest absolute Gasteiger partial charge is 0.344 e. The minimum absolute atomic E-state index is 0.141. The van der Waals surface area contributed by atoms with Crippen molar-refractivity contribution in [3.05, 3.63) is 95.6 Å². The molecule has 0 spiro atoms. The van der Waals surface area contributed by atoms with E-state index in [0.717, 1.165) is 11.1 Å². The molecule has 0 bridgehead atoms. The molecule has 3 aromatic carbocycles. The number of nitrogens with one attached hydrogen (secondary N) is 3. The maximum absolute atomic E-state index is 13.1. The summed E-state index contributed by atoms with van der Waals surface area (Å²) in [6, 6.07) is 22.9. The zero-order valence-electron chi connectivity index (χ0n) is 19.1. The molecule has 3 amide bonds. The van der Waals surface area contributed by atoms with Gasteiger partial charge < -0.3 is 16.0 Å². The first-order valence-electron chi connectivity index (χ1n) is 10.9. The number of aryl methyl sites for hydroxylation is 1. The number of amides is 3. The third-order valence-corrected chi connectivity index (χ3v) is 5.18. The Kier molecular flexibility index (Phi) is 7.97. The summed E-state index contributed by atoms with van der Waals surface area (Å²) < 4.78 is 0. The van der Waals surface area contributed by atoms with Gasteiger partial charge >= 0.3 is 0 Å². The summed E-state index contributed by atoms with van der Waals surface area (Å²) in [4.78, 5) is 38.5. The first kappa shape index (κ1) is 23.7. The first-order valence-corrected chi connectivity index (χ1v) is 10.9. The van der Waals surface area contributed by atoms with Crippen LogP contribution in [0.4, 0.5) is 11.4 Å². The van der Waals surface area contributed by atoms with Gasteiger partial charge in [0.15, 0.2) is 0 Å². The lowest BCUT2D eigenvalue weighted by Crippen LogP contribution is -2.47. The number of carbonyl (C=O) groups is 3. The van der Waals surface area contributed by atoms with Crippen molar-refractivity contribution in [2.45, 2.75) is 33.2 Å². The molecule has 6 nitrogen and oxygen atoms in total. The summed E-state index contributed by atoms with van der Waals surface area (Å²) >= 11 is 0. The molecule has 0 aromatic heterocycles. The average Bonchev–Trinajstić information content (AvgIpc) is 2.78. The Morgan fingerprint density at radius 1 is 0.818 bits per heavy atom. The van der Waals surface area contributed by atoms with Crippen LogP contribution in [0.15, 0.2) is 78.9 Å². The smallest absolute Gasteiger partial charge is 0.257 e. The third-order valence-electron chi connectivity index (χ3n) is 5.18. The molecule has 0 aliphatic rings. The molecule has 0 fully saturated rings. The van der Waals surface area contributed by atoms with Crippen molar-refractivity contribution in [3.63, 3.8) is 0 Å². The highest BCUT2D eigenvalue weighted by Crippen LogP contribution is 2.19. The zero-order chi connectivity index (χ0) is 23.8. The minimum Gasteiger partial charge on any atom is -0.344 e. The number of rotatable bonds is 8. The molecule has 6 heteroatoms. The van der Waals surface area contributed by atoms with Gasteiger partial charge in [-0.05, 0) is 48.2 Å². The molecule has 0 aliphatic heterocycles. The zero-order valence-corrected chi connectivity index (χ0v) is 19.1. The summed E-state index contributed by atoms with van der Waals surface area (Å²) in [5.74, 6) is -1.08. The molecule has 33 heavy (non-hydrogen) atoms. The fourth-order valence-electron chi connectivity index (χ4n) is 3.46. The number of carbonyl (C=O) groups excluding carboxylic acids is 3. The van der Waals surface area contributed by atoms with Crippen molar-refractivity contribution < 1.29 is 14.4 Å². The second-order valence-corrected chi connectivity index (χ2v) is 8.31. The van der Waals surface area contributed by atoms with Crippen LogP contribution in [0.3, 0.4) is 0 Å². The lowest BCUT2D eigenvalue weighted by atomic mass is 10.0. The summed E-state index contributed by atoms with van der Waals surface area (Å²) in [5.41, 5.74) is 3.30. The topological polar surface area (TPSA) is 87.3 Å². The molecule has 0 saturated carbocycles. The van der Waals surface area contributed by atoms with Gasteiger partial charge in [-0.25, -0.2) is 0 Å². The second-order valence-electron chi connectivity index (χ2n) is 8.31. The van der Waals surface area contributed by atoms with E-state index in [1.54, 1.807) is 24.3 Å². The first-order chi connectivity index (χ1) is 15.8. The van der Waals surface area contributed by atoms with Gasteiger partial charge in [-0.3, -0.25) is 14.4 Å². The van der Waals surface area contributed by atoms with Crippen molar-refractivity contribution in [3.8, 4) is 0 Å². The Morgan fingerprint density at radius 3 is 2.21 bits per heavy atom. The van der Waals surface area contributed by atoms with Gasteiger partial charge in [0.25, 0.3) is 5.91 Å². The maximum atomic E-state index is 13.1. The minimum atomic E-state index is -0.742. The van der Waals surface area contributed by atoms with Crippen LogP contribution in [0.5, 0.6) is 0 Å². The van der Waals surface area contributed by atoms with Crippen LogP contribution in [-0.2, 0) is 16.0 Å². The van der Waals surface area contributed by atoms with E-state index < -0.39 is 6.04 Å². The van der Waals surface area contributed by atoms with Crippen LogP contribution in [0.2, 0.25) is 0 Å².